The van der Waals surface area contributed by atoms with Crippen molar-refractivity contribution in [2.24, 2.45) is 5.73 Å². The van der Waals surface area contributed by atoms with Crippen molar-refractivity contribution in [2.45, 2.75) is 39.3 Å². The SMILES string of the molecule is CCC(C)N1CCN(CC(N)c2ccccc2C)CC1. The second-order valence-electron chi connectivity index (χ2n) is 6.06. The summed E-state index contributed by atoms with van der Waals surface area (Å²) in [6.45, 7) is 12.4. The normalized spacial score (nSPS) is 20.8. The number of aryl methyl sites for hydroxylation is 1. The molecule has 0 radical (unpaired) electrons. The molecule has 1 aromatic carbocycles. The van der Waals surface area contributed by atoms with Crippen LogP contribution in [0.3, 0.4) is 0 Å². The Morgan fingerprint density at radius 1 is 1.15 bits per heavy atom. The third kappa shape index (κ3) is 3.81. The minimum atomic E-state index is 0.131. The van der Waals surface area contributed by atoms with Gasteiger partial charge in [0, 0.05) is 44.8 Å². The molecular formula is C17H29N3. The zero-order valence-corrected chi connectivity index (χ0v) is 13.2. The highest BCUT2D eigenvalue weighted by Crippen LogP contribution is 2.17. The Hall–Kier alpha value is -0.900. The summed E-state index contributed by atoms with van der Waals surface area (Å²) in [4.78, 5) is 5.10. The topological polar surface area (TPSA) is 32.5 Å². The van der Waals surface area contributed by atoms with Crippen LogP contribution in [0, 0.1) is 6.92 Å². The van der Waals surface area contributed by atoms with Gasteiger partial charge in [0.15, 0.2) is 0 Å². The second kappa shape index (κ2) is 7.21. The molecule has 2 atom stereocenters. The highest BCUT2D eigenvalue weighted by Gasteiger charge is 2.21. The molecule has 0 bridgehead atoms. The summed E-state index contributed by atoms with van der Waals surface area (Å²) < 4.78 is 0. The lowest BCUT2D eigenvalue weighted by Crippen LogP contribution is -2.50. The number of benzene rings is 1. The van der Waals surface area contributed by atoms with Crippen LogP contribution in [-0.2, 0) is 0 Å². The van der Waals surface area contributed by atoms with Gasteiger partial charge in [-0.1, -0.05) is 31.2 Å². The molecule has 20 heavy (non-hydrogen) atoms. The van der Waals surface area contributed by atoms with Gasteiger partial charge in [-0.15, -0.1) is 0 Å². The van der Waals surface area contributed by atoms with Gasteiger partial charge in [-0.3, -0.25) is 9.80 Å². The van der Waals surface area contributed by atoms with Crippen LogP contribution in [0.2, 0.25) is 0 Å². The lowest BCUT2D eigenvalue weighted by Gasteiger charge is -2.38. The molecule has 1 fully saturated rings. The highest BCUT2D eigenvalue weighted by atomic mass is 15.3. The standard InChI is InChI=1S/C17H29N3/c1-4-15(3)20-11-9-19(10-12-20)13-17(18)16-8-6-5-7-14(16)2/h5-8,15,17H,4,9-13,18H2,1-3H3. The zero-order chi connectivity index (χ0) is 14.5. The molecule has 1 saturated heterocycles. The molecule has 1 aromatic rings. The van der Waals surface area contributed by atoms with Crippen molar-refractivity contribution in [3.05, 3.63) is 35.4 Å². The maximum absolute atomic E-state index is 6.39. The first-order chi connectivity index (χ1) is 9.61. The Labute approximate surface area is 123 Å². The van der Waals surface area contributed by atoms with Gasteiger partial charge in [0.05, 0.1) is 0 Å². The van der Waals surface area contributed by atoms with Gasteiger partial charge in [-0.05, 0) is 31.4 Å². The van der Waals surface area contributed by atoms with Crippen LogP contribution in [0.4, 0.5) is 0 Å². The van der Waals surface area contributed by atoms with E-state index in [4.69, 9.17) is 5.73 Å². The Morgan fingerprint density at radius 3 is 2.40 bits per heavy atom. The smallest absolute Gasteiger partial charge is 0.0426 e. The van der Waals surface area contributed by atoms with E-state index in [1.807, 2.05) is 0 Å². The minimum Gasteiger partial charge on any atom is -0.323 e. The van der Waals surface area contributed by atoms with E-state index < -0.39 is 0 Å². The van der Waals surface area contributed by atoms with E-state index in [1.165, 1.54) is 30.6 Å². The van der Waals surface area contributed by atoms with Crippen molar-refractivity contribution >= 4 is 0 Å². The fraction of sp³-hybridized carbons (Fsp3) is 0.647. The third-order valence-electron chi connectivity index (χ3n) is 4.66. The average molecular weight is 275 g/mol. The van der Waals surface area contributed by atoms with Crippen LogP contribution in [0.25, 0.3) is 0 Å². The molecule has 1 heterocycles. The maximum Gasteiger partial charge on any atom is 0.0426 e. The minimum absolute atomic E-state index is 0.131. The van der Waals surface area contributed by atoms with Gasteiger partial charge in [-0.2, -0.15) is 0 Å². The van der Waals surface area contributed by atoms with Crippen LogP contribution in [0.15, 0.2) is 24.3 Å². The Kier molecular flexibility index (Phi) is 5.58. The number of rotatable bonds is 5. The third-order valence-corrected chi connectivity index (χ3v) is 4.66. The van der Waals surface area contributed by atoms with Crippen LogP contribution >= 0.6 is 0 Å². The van der Waals surface area contributed by atoms with Gasteiger partial charge in [0.25, 0.3) is 0 Å². The van der Waals surface area contributed by atoms with E-state index in [9.17, 15) is 0 Å². The highest BCUT2D eigenvalue weighted by molar-refractivity contribution is 5.28. The molecule has 2 unspecified atom stereocenters. The number of piperazine rings is 1. The van der Waals surface area contributed by atoms with Crippen molar-refractivity contribution in [2.75, 3.05) is 32.7 Å². The summed E-state index contributed by atoms with van der Waals surface area (Å²) in [5.41, 5.74) is 8.98. The predicted octanol–water partition coefficient (Wildman–Crippen LogP) is 2.41. The van der Waals surface area contributed by atoms with Crippen molar-refractivity contribution < 1.29 is 0 Å². The lowest BCUT2D eigenvalue weighted by molar-refractivity contribution is 0.0968. The molecule has 2 rings (SSSR count). The predicted molar refractivity (Wildman–Crippen MR) is 85.9 cm³/mol. The van der Waals surface area contributed by atoms with Crippen LogP contribution < -0.4 is 5.73 Å². The van der Waals surface area contributed by atoms with E-state index in [0.29, 0.717) is 6.04 Å². The van der Waals surface area contributed by atoms with Crippen LogP contribution in [-0.4, -0.2) is 48.6 Å². The maximum atomic E-state index is 6.39. The summed E-state index contributed by atoms with van der Waals surface area (Å²) in [5.74, 6) is 0. The van der Waals surface area contributed by atoms with Crippen molar-refractivity contribution in [3.63, 3.8) is 0 Å². The summed E-state index contributed by atoms with van der Waals surface area (Å²) in [6, 6.07) is 9.32. The van der Waals surface area contributed by atoms with Crippen LogP contribution in [0.5, 0.6) is 0 Å². The monoisotopic (exact) mass is 275 g/mol. The van der Waals surface area contributed by atoms with Gasteiger partial charge < -0.3 is 5.73 Å². The lowest BCUT2D eigenvalue weighted by atomic mass is 10.0. The number of nitrogens with zero attached hydrogens (tertiary/aromatic N) is 2. The Balaban J connectivity index is 1.85. The first kappa shape index (κ1) is 15.5. The van der Waals surface area contributed by atoms with Crippen molar-refractivity contribution in [1.82, 2.24) is 9.80 Å². The van der Waals surface area contributed by atoms with Gasteiger partial charge in [0.2, 0.25) is 0 Å². The van der Waals surface area contributed by atoms with Crippen LogP contribution in [0.1, 0.15) is 37.4 Å². The second-order valence-corrected chi connectivity index (χ2v) is 6.06. The van der Waals surface area contributed by atoms with Gasteiger partial charge in [0.1, 0.15) is 0 Å². The zero-order valence-electron chi connectivity index (χ0n) is 13.2. The van der Waals surface area contributed by atoms with Crippen molar-refractivity contribution in [1.29, 1.82) is 0 Å². The summed E-state index contributed by atoms with van der Waals surface area (Å²) in [5, 5.41) is 0. The molecule has 112 valence electrons. The van der Waals surface area contributed by atoms with E-state index in [1.54, 1.807) is 0 Å². The molecule has 3 heteroatoms. The molecule has 0 aromatic heterocycles. The number of nitrogens with two attached hydrogens (primary N) is 1. The molecule has 0 amide bonds. The largest absolute Gasteiger partial charge is 0.323 e. The number of hydrogen-bond donors (Lipinski definition) is 1. The molecule has 1 aliphatic heterocycles. The fourth-order valence-electron chi connectivity index (χ4n) is 3.02. The van der Waals surface area contributed by atoms with E-state index in [2.05, 4.69) is 54.8 Å². The Morgan fingerprint density at radius 2 is 1.80 bits per heavy atom. The average Bonchev–Trinajstić information content (AvgIpc) is 2.47. The molecule has 3 nitrogen and oxygen atoms in total. The quantitative estimate of drug-likeness (QED) is 0.895. The fourth-order valence-corrected chi connectivity index (χ4v) is 3.02. The molecule has 2 N–H and O–H groups in total. The summed E-state index contributed by atoms with van der Waals surface area (Å²) in [7, 11) is 0. The molecule has 0 spiro atoms. The van der Waals surface area contributed by atoms with E-state index in [0.717, 1.165) is 19.6 Å². The Bertz CT molecular complexity index is 410. The summed E-state index contributed by atoms with van der Waals surface area (Å²) in [6.07, 6.45) is 1.24. The van der Waals surface area contributed by atoms with Gasteiger partial charge >= 0.3 is 0 Å². The number of hydrogen-bond acceptors (Lipinski definition) is 3. The molecular weight excluding hydrogens is 246 g/mol. The first-order valence-electron chi connectivity index (χ1n) is 7.89. The molecule has 1 aliphatic rings. The van der Waals surface area contributed by atoms with E-state index in [-0.39, 0.29) is 6.04 Å². The van der Waals surface area contributed by atoms with Crippen molar-refractivity contribution in [3.8, 4) is 0 Å². The summed E-state index contributed by atoms with van der Waals surface area (Å²) >= 11 is 0. The molecule has 0 aliphatic carbocycles. The first-order valence-corrected chi connectivity index (χ1v) is 7.89. The van der Waals surface area contributed by atoms with Gasteiger partial charge in [-0.25, -0.2) is 0 Å². The van der Waals surface area contributed by atoms with E-state index >= 15 is 0 Å². The molecule has 0 saturated carbocycles.